The fourth-order valence-electron chi connectivity index (χ4n) is 2.42. The molecule has 0 amide bonds. The van der Waals surface area contributed by atoms with Crippen molar-refractivity contribution in [1.82, 2.24) is 9.78 Å². The summed E-state index contributed by atoms with van der Waals surface area (Å²) < 4.78 is 6.71. The Morgan fingerprint density at radius 1 is 1.36 bits per heavy atom. The van der Waals surface area contributed by atoms with Gasteiger partial charge in [0.15, 0.2) is 0 Å². The molecule has 2 aromatic rings. The Morgan fingerprint density at radius 2 is 2.05 bits per heavy atom. The highest BCUT2D eigenvalue weighted by molar-refractivity contribution is 5.67. The molecule has 0 atom stereocenters. The van der Waals surface area contributed by atoms with E-state index in [1.54, 1.807) is 19.2 Å². The van der Waals surface area contributed by atoms with Gasteiger partial charge in [-0.15, -0.1) is 0 Å². The highest BCUT2D eigenvalue weighted by atomic mass is 16.5. The van der Waals surface area contributed by atoms with Gasteiger partial charge in [0.2, 0.25) is 0 Å². The number of aliphatic carboxylic acids is 1. The molecular weight excluding hydrogens is 284 g/mol. The van der Waals surface area contributed by atoms with Gasteiger partial charge in [-0.05, 0) is 24.5 Å². The van der Waals surface area contributed by atoms with Crippen LogP contribution in [0.1, 0.15) is 37.4 Å². The Hall–Kier alpha value is -2.50. The Bertz CT molecular complexity index is 728. The molecule has 0 radical (unpaired) electrons. The summed E-state index contributed by atoms with van der Waals surface area (Å²) in [5, 5.41) is 12.0. The van der Waals surface area contributed by atoms with Crippen LogP contribution in [0.25, 0.3) is 5.69 Å². The van der Waals surface area contributed by atoms with E-state index in [0.717, 1.165) is 5.69 Å². The zero-order chi connectivity index (χ0) is 16.3. The van der Waals surface area contributed by atoms with Crippen LogP contribution in [0.3, 0.4) is 0 Å². The number of carbonyl (C=O) groups is 1. The summed E-state index contributed by atoms with van der Waals surface area (Å²) in [5.41, 5.74) is 1.66. The van der Waals surface area contributed by atoms with E-state index in [4.69, 9.17) is 9.84 Å². The second kappa shape index (κ2) is 6.51. The predicted molar refractivity (Wildman–Crippen MR) is 83.0 cm³/mol. The minimum absolute atomic E-state index is 0.0707. The molecule has 118 valence electrons. The first-order valence-corrected chi connectivity index (χ1v) is 7.14. The Labute approximate surface area is 128 Å². The Morgan fingerprint density at radius 3 is 2.64 bits per heavy atom. The molecule has 0 saturated heterocycles. The van der Waals surface area contributed by atoms with Gasteiger partial charge in [0, 0.05) is 17.7 Å². The lowest BCUT2D eigenvalue weighted by Gasteiger charge is -2.08. The largest absolute Gasteiger partial charge is 0.494 e. The lowest BCUT2D eigenvalue weighted by Crippen LogP contribution is -2.18. The van der Waals surface area contributed by atoms with Crippen LogP contribution in [-0.2, 0) is 11.2 Å². The third-order valence-corrected chi connectivity index (χ3v) is 3.51. The average Bonchev–Trinajstić information content (AvgIpc) is 2.82. The maximum absolute atomic E-state index is 12.7. The number of H-pyrrole nitrogens is 1. The van der Waals surface area contributed by atoms with Gasteiger partial charge < -0.3 is 9.84 Å². The number of hydrogen-bond acceptors (Lipinski definition) is 3. The maximum atomic E-state index is 12.7. The first-order valence-electron chi connectivity index (χ1n) is 7.14. The number of aromatic nitrogens is 2. The first kappa shape index (κ1) is 15.9. The molecule has 1 aromatic carbocycles. The second-order valence-corrected chi connectivity index (χ2v) is 5.36. The highest BCUT2D eigenvalue weighted by Gasteiger charge is 2.19. The number of nitrogens with zero attached hydrogens (tertiary/aromatic N) is 1. The van der Waals surface area contributed by atoms with Crippen LogP contribution in [0.2, 0.25) is 0 Å². The van der Waals surface area contributed by atoms with Crippen molar-refractivity contribution in [2.75, 3.05) is 7.11 Å². The van der Waals surface area contributed by atoms with Crippen molar-refractivity contribution in [1.29, 1.82) is 0 Å². The molecule has 1 aromatic heterocycles. The second-order valence-electron chi connectivity index (χ2n) is 5.36. The number of methoxy groups -OCH3 is 1. The number of carboxylic acid groups (broad SMARTS) is 1. The zero-order valence-electron chi connectivity index (χ0n) is 12.9. The third-order valence-electron chi connectivity index (χ3n) is 3.51. The van der Waals surface area contributed by atoms with Crippen LogP contribution in [0.15, 0.2) is 29.1 Å². The quantitative estimate of drug-likeness (QED) is 0.857. The van der Waals surface area contributed by atoms with Gasteiger partial charge in [-0.3, -0.25) is 14.7 Å². The van der Waals surface area contributed by atoms with E-state index in [2.05, 4.69) is 5.10 Å². The average molecular weight is 304 g/mol. The molecule has 0 unspecified atom stereocenters. The van der Waals surface area contributed by atoms with E-state index in [-0.39, 0.29) is 24.3 Å². The van der Waals surface area contributed by atoms with Gasteiger partial charge in [0.25, 0.3) is 5.56 Å². The van der Waals surface area contributed by atoms with Crippen LogP contribution in [0.4, 0.5) is 0 Å². The number of nitrogens with one attached hydrogen (secondary N) is 1. The summed E-state index contributed by atoms with van der Waals surface area (Å²) in [7, 11) is 1.54. The molecule has 0 saturated carbocycles. The monoisotopic (exact) mass is 304 g/mol. The van der Waals surface area contributed by atoms with Crippen molar-refractivity contribution < 1.29 is 14.6 Å². The summed E-state index contributed by atoms with van der Waals surface area (Å²) in [6, 6.07) is 7.19. The molecule has 22 heavy (non-hydrogen) atoms. The molecular formula is C16H20N2O4. The van der Waals surface area contributed by atoms with Crippen molar-refractivity contribution in [2.45, 2.75) is 32.6 Å². The number of benzene rings is 1. The van der Waals surface area contributed by atoms with Crippen molar-refractivity contribution in [3.63, 3.8) is 0 Å². The molecule has 0 fully saturated rings. The summed E-state index contributed by atoms with van der Waals surface area (Å²) >= 11 is 0. The molecule has 1 heterocycles. The Kier molecular flexibility index (Phi) is 4.70. The van der Waals surface area contributed by atoms with Crippen LogP contribution >= 0.6 is 0 Å². The van der Waals surface area contributed by atoms with Crippen LogP contribution in [-0.4, -0.2) is 28.0 Å². The number of aromatic amines is 1. The molecule has 0 aliphatic heterocycles. The molecule has 6 nitrogen and oxygen atoms in total. The maximum Gasteiger partial charge on any atom is 0.303 e. The van der Waals surface area contributed by atoms with Gasteiger partial charge in [0.05, 0.1) is 7.11 Å². The number of carboxylic acids is 1. The normalized spacial score (nSPS) is 10.9. The molecule has 0 aliphatic carbocycles. The lowest BCUT2D eigenvalue weighted by molar-refractivity contribution is -0.136. The van der Waals surface area contributed by atoms with E-state index in [0.29, 0.717) is 17.0 Å². The van der Waals surface area contributed by atoms with E-state index in [9.17, 15) is 9.59 Å². The SMILES string of the molecule is COc1ccccc1-n1[nH]c(C(C)C)c(CCC(=O)O)c1=O. The topological polar surface area (TPSA) is 84.3 Å². The van der Waals surface area contributed by atoms with Crippen molar-refractivity contribution in [3.05, 3.63) is 45.9 Å². The molecule has 0 spiro atoms. The summed E-state index contributed by atoms with van der Waals surface area (Å²) in [6.45, 7) is 3.92. The Balaban J connectivity index is 2.56. The first-order chi connectivity index (χ1) is 10.5. The zero-order valence-corrected chi connectivity index (χ0v) is 12.9. The minimum Gasteiger partial charge on any atom is -0.494 e. The smallest absolute Gasteiger partial charge is 0.303 e. The van der Waals surface area contributed by atoms with Gasteiger partial charge >= 0.3 is 5.97 Å². The number of rotatable bonds is 6. The van der Waals surface area contributed by atoms with Gasteiger partial charge in [0.1, 0.15) is 11.4 Å². The van der Waals surface area contributed by atoms with Crippen LogP contribution in [0.5, 0.6) is 5.75 Å². The summed E-state index contributed by atoms with van der Waals surface area (Å²) in [4.78, 5) is 23.5. The fraction of sp³-hybridized carbons (Fsp3) is 0.375. The molecule has 2 rings (SSSR count). The van der Waals surface area contributed by atoms with Crippen molar-refractivity contribution in [2.24, 2.45) is 0 Å². The molecule has 0 aliphatic rings. The van der Waals surface area contributed by atoms with E-state index in [1.807, 2.05) is 26.0 Å². The third kappa shape index (κ3) is 3.05. The number of ether oxygens (including phenoxy) is 1. The van der Waals surface area contributed by atoms with Gasteiger partial charge in [-0.2, -0.15) is 0 Å². The molecule has 2 N–H and O–H groups in total. The molecule has 0 bridgehead atoms. The number of hydrogen-bond donors (Lipinski definition) is 2. The van der Waals surface area contributed by atoms with Crippen molar-refractivity contribution in [3.8, 4) is 11.4 Å². The summed E-state index contributed by atoms with van der Waals surface area (Å²) in [5.74, 6) is -0.252. The fourth-order valence-corrected chi connectivity index (χ4v) is 2.42. The highest BCUT2D eigenvalue weighted by Crippen LogP contribution is 2.23. The van der Waals surface area contributed by atoms with E-state index >= 15 is 0 Å². The van der Waals surface area contributed by atoms with Crippen LogP contribution < -0.4 is 10.3 Å². The predicted octanol–water partition coefficient (Wildman–Crippen LogP) is 2.31. The van der Waals surface area contributed by atoms with E-state index < -0.39 is 5.97 Å². The van der Waals surface area contributed by atoms with E-state index in [1.165, 1.54) is 4.68 Å². The standard InChI is InChI=1S/C16H20N2O4/c1-10(2)15-11(8-9-14(19)20)16(21)18(17-15)12-6-4-5-7-13(12)22-3/h4-7,10,17H,8-9H2,1-3H3,(H,19,20). The molecule has 6 heteroatoms. The summed E-state index contributed by atoms with van der Waals surface area (Å²) in [6.07, 6.45) is 0.138. The lowest BCUT2D eigenvalue weighted by atomic mass is 10.0. The van der Waals surface area contributed by atoms with Gasteiger partial charge in [-0.25, -0.2) is 4.68 Å². The minimum atomic E-state index is -0.917. The van der Waals surface area contributed by atoms with Gasteiger partial charge in [-0.1, -0.05) is 26.0 Å². The van der Waals surface area contributed by atoms with Crippen LogP contribution in [0, 0.1) is 0 Å². The van der Waals surface area contributed by atoms with Crippen molar-refractivity contribution >= 4 is 5.97 Å². The number of para-hydroxylation sites is 2.